The Balaban J connectivity index is 1.13. The van der Waals surface area contributed by atoms with Gasteiger partial charge in [-0.15, -0.1) is 0 Å². The van der Waals surface area contributed by atoms with Gasteiger partial charge in [0.1, 0.15) is 0 Å². The lowest BCUT2D eigenvalue weighted by Crippen LogP contribution is -2.68. The van der Waals surface area contributed by atoms with Crippen molar-refractivity contribution in [2.45, 2.75) is 117 Å². The fraction of sp³-hybridized carbons (Fsp3) is 0.744. The first-order valence-electron chi connectivity index (χ1n) is 18.0. The molecule has 1 aliphatic heterocycles. The summed E-state index contributed by atoms with van der Waals surface area (Å²) in [4.78, 5) is 26.5. The molecule has 0 aromatic heterocycles. The number of alkyl halides is 2. The molecule has 5 fully saturated rings. The van der Waals surface area contributed by atoms with E-state index in [4.69, 9.17) is 0 Å². The highest BCUT2D eigenvalue weighted by Crippen LogP contribution is 2.76. The molecule has 4 saturated carbocycles. The van der Waals surface area contributed by atoms with E-state index < -0.39 is 11.9 Å². The van der Waals surface area contributed by atoms with E-state index in [9.17, 15) is 23.5 Å². The van der Waals surface area contributed by atoms with Crippen LogP contribution in [0.1, 0.15) is 121 Å². The van der Waals surface area contributed by atoms with Crippen LogP contribution in [-0.4, -0.2) is 53.0 Å². The minimum absolute atomic E-state index is 0.0203. The van der Waals surface area contributed by atoms with Crippen LogP contribution in [0.25, 0.3) is 5.57 Å². The lowest BCUT2D eigenvalue weighted by atomic mass is 9.33. The first-order valence-corrected chi connectivity index (χ1v) is 18.0. The minimum atomic E-state index is -2.68. The van der Waals surface area contributed by atoms with Crippen LogP contribution in [0.4, 0.5) is 8.78 Å². The van der Waals surface area contributed by atoms with Crippen molar-refractivity contribution in [2.75, 3.05) is 19.6 Å². The summed E-state index contributed by atoms with van der Waals surface area (Å²) < 4.78 is 27.7. The zero-order valence-corrected chi connectivity index (χ0v) is 28.6. The van der Waals surface area contributed by atoms with Crippen molar-refractivity contribution in [3.05, 3.63) is 41.5 Å². The summed E-state index contributed by atoms with van der Waals surface area (Å²) in [5.74, 6) is -1.44. The molecule has 0 radical (unpaired) electrons. The Morgan fingerprint density at radius 3 is 2.28 bits per heavy atom. The highest BCUT2D eigenvalue weighted by molar-refractivity contribution is 5.88. The van der Waals surface area contributed by atoms with Gasteiger partial charge in [0.05, 0.1) is 18.7 Å². The number of aromatic carboxylic acids is 1. The first-order chi connectivity index (χ1) is 21.5. The second kappa shape index (κ2) is 10.6. The van der Waals surface area contributed by atoms with Crippen molar-refractivity contribution in [1.29, 1.82) is 0 Å². The zero-order chi connectivity index (χ0) is 32.9. The summed E-state index contributed by atoms with van der Waals surface area (Å²) in [7, 11) is 0. The summed E-state index contributed by atoms with van der Waals surface area (Å²) >= 11 is 0. The monoisotopic (exact) mass is 636 g/mol. The van der Waals surface area contributed by atoms with E-state index in [2.05, 4.69) is 46.0 Å². The third-order valence-corrected chi connectivity index (χ3v) is 15.4. The predicted octanol–water partition coefficient (Wildman–Crippen LogP) is 8.44. The highest BCUT2D eigenvalue weighted by Gasteiger charge is 2.69. The standard InChI is InChI=1S/C39H54F2N2O3/c1-34(2)27(25-8-10-26(11-9-25)33(45)46)14-17-35(3)30(34)15-18-37(5)31(35)13-12-28-29-7-6-16-38(29,20-19-36(28,37)4)42-32(44)23-43-22-21-39(40,41)24-43/h8-11,14,28-31H,6-7,12-13,15-24H2,1-5H3,(H,42,44)(H,45,46)/t28-,29?,30?,31?,35+,36-,37-,38+/m1/s1. The van der Waals surface area contributed by atoms with Gasteiger partial charge >= 0.3 is 5.97 Å². The molecule has 252 valence electrons. The number of carboxylic acid groups (broad SMARTS) is 1. The van der Waals surface area contributed by atoms with Crippen LogP contribution in [0.15, 0.2) is 30.3 Å². The van der Waals surface area contributed by atoms with E-state index in [-0.39, 0.29) is 52.6 Å². The van der Waals surface area contributed by atoms with Crippen molar-refractivity contribution in [3.63, 3.8) is 0 Å². The van der Waals surface area contributed by atoms with Crippen molar-refractivity contribution in [2.24, 2.45) is 45.3 Å². The number of carbonyl (C=O) groups is 2. The third-order valence-electron chi connectivity index (χ3n) is 15.4. The second-order valence-corrected chi connectivity index (χ2v) is 17.6. The lowest BCUT2D eigenvalue weighted by Gasteiger charge is -2.72. The lowest BCUT2D eigenvalue weighted by molar-refractivity contribution is -0.217. The molecule has 1 heterocycles. The zero-order valence-electron chi connectivity index (χ0n) is 28.6. The largest absolute Gasteiger partial charge is 0.478 e. The molecule has 5 nitrogen and oxygen atoms in total. The number of carboxylic acids is 1. The number of allylic oxidation sites excluding steroid dienone is 2. The molecule has 1 aromatic carbocycles. The van der Waals surface area contributed by atoms with E-state index >= 15 is 0 Å². The van der Waals surface area contributed by atoms with Crippen LogP contribution in [0.5, 0.6) is 0 Å². The molecule has 8 atom stereocenters. The number of amides is 1. The molecule has 0 spiro atoms. The molecule has 6 aliphatic rings. The van der Waals surface area contributed by atoms with Crippen LogP contribution in [0.2, 0.25) is 0 Å². The van der Waals surface area contributed by atoms with E-state index in [1.807, 2.05) is 12.1 Å². The van der Waals surface area contributed by atoms with Gasteiger partial charge in [0.2, 0.25) is 5.91 Å². The molecule has 7 heteroatoms. The van der Waals surface area contributed by atoms with Gasteiger partial charge < -0.3 is 10.4 Å². The maximum absolute atomic E-state index is 13.8. The fourth-order valence-electron chi connectivity index (χ4n) is 13.1. The summed E-state index contributed by atoms with van der Waals surface area (Å²) in [5, 5.41) is 12.9. The Morgan fingerprint density at radius 1 is 0.870 bits per heavy atom. The Morgan fingerprint density at radius 2 is 1.61 bits per heavy atom. The normalized spacial score (nSPS) is 42.6. The number of halogens is 2. The molecule has 3 unspecified atom stereocenters. The third kappa shape index (κ3) is 4.67. The van der Waals surface area contributed by atoms with Crippen LogP contribution in [0, 0.1) is 45.3 Å². The number of benzene rings is 1. The SMILES string of the molecule is CC1(C)C(c2ccc(C(=O)O)cc2)=CC[C@@]2(C)C1CC[C@]1(C)C2CC[C@@H]2C3CCC[C@]3(NC(=O)CN3CCC(F)(F)C3)CC[C@]21C. The van der Waals surface area contributed by atoms with Crippen LogP contribution >= 0.6 is 0 Å². The Hall–Kier alpha value is -2.28. The summed E-state index contributed by atoms with van der Waals surface area (Å²) in [6, 6.07) is 7.46. The average molecular weight is 637 g/mol. The van der Waals surface area contributed by atoms with E-state index in [1.165, 1.54) is 31.3 Å². The number of rotatable bonds is 5. The van der Waals surface area contributed by atoms with Gasteiger partial charge in [0, 0.05) is 18.5 Å². The van der Waals surface area contributed by atoms with Crippen LogP contribution < -0.4 is 5.32 Å². The smallest absolute Gasteiger partial charge is 0.335 e. The van der Waals surface area contributed by atoms with Crippen LogP contribution in [0.3, 0.4) is 0 Å². The van der Waals surface area contributed by atoms with E-state index in [1.54, 1.807) is 17.0 Å². The molecular weight excluding hydrogens is 582 g/mol. The maximum Gasteiger partial charge on any atom is 0.335 e. The molecule has 1 amide bonds. The van der Waals surface area contributed by atoms with Gasteiger partial charge in [0.15, 0.2) is 0 Å². The van der Waals surface area contributed by atoms with Gasteiger partial charge in [-0.3, -0.25) is 9.69 Å². The summed E-state index contributed by atoms with van der Waals surface area (Å²) in [5.41, 5.74) is 3.23. The Bertz CT molecular complexity index is 1440. The van der Waals surface area contributed by atoms with E-state index in [0.29, 0.717) is 35.8 Å². The number of nitrogens with one attached hydrogen (secondary N) is 1. The Labute approximate surface area is 274 Å². The molecule has 0 bridgehead atoms. The first kappa shape index (κ1) is 32.3. The molecule has 2 N–H and O–H groups in total. The molecule has 46 heavy (non-hydrogen) atoms. The average Bonchev–Trinajstić information content (AvgIpc) is 3.55. The second-order valence-electron chi connectivity index (χ2n) is 17.6. The number of nitrogens with zero attached hydrogens (tertiary/aromatic N) is 1. The molecule has 1 saturated heterocycles. The quantitative estimate of drug-likeness (QED) is 0.340. The molecular formula is C39H54F2N2O3. The maximum atomic E-state index is 13.8. The van der Waals surface area contributed by atoms with Gasteiger partial charge in [0.25, 0.3) is 5.92 Å². The van der Waals surface area contributed by atoms with E-state index in [0.717, 1.165) is 44.1 Å². The molecule has 7 rings (SSSR count). The van der Waals surface area contributed by atoms with Crippen molar-refractivity contribution in [1.82, 2.24) is 10.2 Å². The van der Waals surface area contributed by atoms with Gasteiger partial charge in [-0.05, 0) is 126 Å². The van der Waals surface area contributed by atoms with Crippen molar-refractivity contribution < 1.29 is 23.5 Å². The van der Waals surface area contributed by atoms with Crippen molar-refractivity contribution in [3.8, 4) is 0 Å². The summed E-state index contributed by atoms with van der Waals surface area (Å²) in [6.45, 7) is 12.7. The number of carbonyl (C=O) groups excluding carboxylic acids is 1. The van der Waals surface area contributed by atoms with Gasteiger partial charge in [-0.2, -0.15) is 0 Å². The summed E-state index contributed by atoms with van der Waals surface area (Å²) in [6.07, 6.45) is 13.6. The highest BCUT2D eigenvalue weighted by atomic mass is 19.3. The topological polar surface area (TPSA) is 69.6 Å². The minimum Gasteiger partial charge on any atom is -0.478 e. The Kier molecular flexibility index (Phi) is 7.44. The number of hydrogen-bond donors (Lipinski definition) is 2. The predicted molar refractivity (Wildman–Crippen MR) is 176 cm³/mol. The molecule has 5 aliphatic carbocycles. The van der Waals surface area contributed by atoms with Crippen LogP contribution in [-0.2, 0) is 4.79 Å². The number of likely N-dealkylation sites (tertiary alicyclic amines) is 1. The number of hydrogen-bond acceptors (Lipinski definition) is 3. The molecule has 1 aromatic rings. The van der Waals surface area contributed by atoms with Gasteiger partial charge in [-0.1, -0.05) is 59.2 Å². The van der Waals surface area contributed by atoms with Crippen molar-refractivity contribution >= 4 is 17.4 Å². The van der Waals surface area contributed by atoms with Gasteiger partial charge in [-0.25, -0.2) is 13.6 Å². The number of fused-ring (bicyclic) bond motifs is 7. The fourth-order valence-corrected chi connectivity index (χ4v) is 13.1.